The van der Waals surface area contributed by atoms with Gasteiger partial charge < -0.3 is 5.11 Å². The second kappa shape index (κ2) is 5.16. The average molecular weight is 313 g/mol. The Morgan fingerprint density at radius 2 is 1.83 bits per heavy atom. The summed E-state index contributed by atoms with van der Waals surface area (Å²) in [6, 6.07) is 8.78. The van der Waals surface area contributed by atoms with Crippen molar-refractivity contribution in [2.45, 2.75) is 13.0 Å². The standard InChI is InChI=1S/C14H11BrF2O/c1-8-7-9(5-6-11(8)16)14(18)10-3-2-4-12(17)13(10)15/h2-7,14,18H,1H3. The Hall–Kier alpha value is -1.26. The van der Waals surface area contributed by atoms with Crippen LogP contribution >= 0.6 is 15.9 Å². The molecule has 0 spiro atoms. The molecule has 0 fully saturated rings. The average Bonchev–Trinajstić information content (AvgIpc) is 2.35. The van der Waals surface area contributed by atoms with Crippen molar-refractivity contribution in [2.75, 3.05) is 0 Å². The van der Waals surface area contributed by atoms with Crippen molar-refractivity contribution in [3.05, 3.63) is 69.2 Å². The minimum absolute atomic E-state index is 0.222. The first-order valence-electron chi connectivity index (χ1n) is 5.38. The van der Waals surface area contributed by atoms with Crippen LogP contribution in [0.4, 0.5) is 8.78 Å². The molecule has 0 amide bonds. The van der Waals surface area contributed by atoms with Crippen LogP contribution in [0.3, 0.4) is 0 Å². The summed E-state index contributed by atoms with van der Waals surface area (Å²) in [5.74, 6) is -0.769. The highest BCUT2D eigenvalue weighted by Gasteiger charge is 2.16. The lowest BCUT2D eigenvalue weighted by Crippen LogP contribution is -2.02. The normalized spacial score (nSPS) is 12.5. The van der Waals surface area contributed by atoms with Gasteiger partial charge in [0.25, 0.3) is 0 Å². The molecule has 2 aromatic rings. The quantitative estimate of drug-likeness (QED) is 0.884. The summed E-state index contributed by atoms with van der Waals surface area (Å²) in [5.41, 5.74) is 1.39. The summed E-state index contributed by atoms with van der Waals surface area (Å²) in [4.78, 5) is 0. The Kier molecular flexibility index (Phi) is 3.78. The molecule has 18 heavy (non-hydrogen) atoms. The first kappa shape index (κ1) is 13.2. The van der Waals surface area contributed by atoms with Gasteiger partial charge in [-0.1, -0.05) is 24.3 Å². The molecule has 0 bridgehead atoms. The number of halogens is 3. The topological polar surface area (TPSA) is 20.2 Å². The maximum atomic E-state index is 13.4. The Bertz CT molecular complexity index is 584. The molecule has 0 aliphatic carbocycles. The van der Waals surface area contributed by atoms with Crippen LogP contribution in [-0.2, 0) is 0 Å². The van der Waals surface area contributed by atoms with Gasteiger partial charge in [0.05, 0.1) is 4.47 Å². The zero-order valence-electron chi connectivity index (χ0n) is 9.62. The van der Waals surface area contributed by atoms with Crippen molar-refractivity contribution in [3.63, 3.8) is 0 Å². The number of hydrogen-bond donors (Lipinski definition) is 1. The third kappa shape index (κ3) is 2.44. The molecule has 1 N–H and O–H groups in total. The SMILES string of the molecule is Cc1cc(C(O)c2cccc(F)c2Br)ccc1F. The highest BCUT2D eigenvalue weighted by molar-refractivity contribution is 9.10. The van der Waals surface area contributed by atoms with Gasteiger partial charge in [0.2, 0.25) is 0 Å². The zero-order valence-corrected chi connectivity index (χ0v) is 11.2. The van der Waals surface area contributed by atoms with Gasteiger partial charge in [0, 0.05) is 5.56 Å². The van der Waals surface area contributed by atoms with E-state index in [2.05, 4.69) is 15.9 Å². The highest BCUT2D eigenvalue weighted by Crippen LogP contribution is 2.30. The number of aliphatic hydroxyl groups is 1. The predicted molar refractivity (Wildman–Crippen MR) is 69.3 cm³/mol. The molecule has 0 heterocycles. The molecule has 0 aliphatic heterocycles. The van der Waals surface area contributed by atoms with E-state index in [1.165, 1.54) is 24.3 Å². The van der Waals surface area contributed by atoms with E-state index in [0.717, 1.165) is 0 Å². The van der Waals surface area contributed by atoms with E-state index in [0.29, 0.717) is 16.7 Å². The van der Waals surface area contributed by atoms with Crippen LogP contribution in [0.5, 0.6) is 0 Å². The fourth-order valence-electron chi connectivity index (χ4n) is 1.75. The number of aliphatic hydroxyl groups excluding tert-OH is 1. The lowest BCUT2D eigenvalue weighted by atomic mass is 10.00. The second-order valence-corrected chi connectivity index (χ2v) is 4.85. The van der Waals surface area contributed by atoms with E-state index in [4.69, 9.17) is 0 Å². The van der Waals surface area contributed by atoms with Crippen LogP contribution in [0.15, 0.2) is 40.9 Å². The van der Waals surface area contributed by atoms with Gasteiger partial charge in [0.15, 0.2) is 0 Å². The lowest BCUT2D eigenvalue weighted by Gasteiger charge is -2.14. The second-order valence-electron chi connectivity index (χ2n) is 4.05. The Morgan fingerprint density at radius 3 is 2.50 bits per heavy atom. The zero-order chi connectivity index (χ0) is 13.3. The van der Waals surface area contributed by atoms with Gasteiger partial charge >= 0.3 is 0 Å². The van der Waals surface area contributed by atoms with Crippen molar-refractivity contribution in [2.24, 2.45) is 0 Å². The first-order chi connectivity index (χ1) is 8.50. The third-order valence-electron chi connectivity index (χ3n) is 2.77. The summed E-state index contributed by atoms with van der Waals surface area (Å²) in [6.07, 6.45) is -0.991. The molecule has 0 aliphatic rings. The first-order valence-corrected chi connectivity index (χ1v) is 6.18. The minimum Gasteiger partial charge on any atom is -0.384 e. The molecule has 1 atom stereocenters. The predicted octanol–water partition coefficient (Wildman–Crippen LogP) is 4.12. The molecule has 4 heteroatoms. The number of rotatable bonds is 2. The smallest absolute Gasteiger partial charge is 0.137 e. The molecule has 94 valence electrons. The van der Waals surface area contributed by atoms with Gasteiger partial charge in [-0.3, -0.25) is 0 Å². The van der Waals surface area contributed by atoms with E-state index in [1.807, 2.05) is 0 Å². The number of hydrogen-bond acceptors (Lipinski definition) is 1. The minimum atomic E-state index is -0.991. The van der Waals surface area contributed by atoms with Crippen molar-refractivity contribution < 1.29 is 13.9 Å². The Labute approximate surface area is 112 Å². The van der Waals surface area contributed by atoms with E-state index >= 15 is 0 Å². The lowest BCUT2D eigenvalue weighted by molar-refractivity contribution is 0.218. The number of aryl methyl sites for hydroxylation is 1. The molecule has 2 rings (SSSR count). The van der Waals surface area contributed by atoms with Crippen molar-refractivity contribution in [3.8, 4) is 0 Å². The maximum Gasteiger partial charge on any atom is 0.137 e. The van der Waals surface area contributed by atoms with Crippen LogP contribution in [0.2, 0.25) is 0 Å². The molecule has 2 aromatic carbocycles. The van der Waals surface area contributed by atoms with Crippen LogP contribution in [-0.4, -0.2) is 5.11 Å². The van der Waals surface area contributed by atoms with Crippen molar-refractivity contribution in [1.82, 2.24) is 0 Å². The summed E-state index contributed by atoms with van der Waals surface area (Å²) < 4.78 is 26.8. The van der Waals surface area contributed by atoms with Gasteiger partial charge in [-0.05, 0) is 46.1 Å². The van der Waals surface area contributed by atoms with Crippen LogP contribution in [0.25, 0.3) is 0 Å². The van der Waals surface area contributed by atoms with Crippen LogP contribution < -0.4 is 0 Å². The van der Waals surface area contributed by atoms with Gasteiger partial charge in [-0.15, -0.1) is 0 Å². The molecule has 0 radical (unpaired) electrons. The van der Waals surface area contributed by atoms with Gasteiger partial charge in [-0.25, -0.2) is 8.78 Å². The molecule has 0 aromatic heterocycles. The van der Waals surface area contributed by atoms with Crippen LogP contribution in [0, 0.1) is 18.6 Å². The summed E-state index contributed by atoms with van der Waals surface area (Å²) >= 11 is 3.10. The summed E-state index contributed by atoms with van der Waals surface area (Å²) in [6.45, 7) is 1.62. The fraction of sp³-hybridized carbons (Fsp3) is 0.143. The molecule has 1 nitrogen and oxygen atoms in total. The molecule has 0 saturated carbocycles. The third-order valence-corrected chi connectivity index (χ3v) is 3.61. The van der Waals surface area contributed by atoms with E-state index in [9.17, 15) is 13.9 Å². The van der Waals surface area contributed by atoms with Crippen molar-refractivity contribution >= 4 is 15.9 Å². The van der Waals surface area contributed by atoms with Crippen LogP contribution in [0.1, 0.15) is 22.8 Å². The molecule has 0 saturated heterocycles. The Balaban J connectivity index is 2.44. The largest absolute Gasteiger partial charge is 0.384 e. The van der Waals surface area contributed by atoms with Gasteiger partial charge in [-0.2, -0.15) is 0 Å². The molecular formula is C14H11BrF2O. The maximum absolute atomic E-state index is 13.4. The molecular weight excluding hydrogens is 302 g/mol. The summed E-state index contributed by atoms with van der Waals surface area (Å²) in [5, 5.41) is 10.2. The van der Waals surface area contributed by atoms with E-state index < -0.39 is 11.9 Å². The monoisotopic (exact) mass is 312 g/mol. The van der Waals surface area contributed by atoms with Gasteiger partial charge in [0.1, 0.15) is 17.7 Å². The Morgan fingerprint density at radius 1 is 1.11 bits per heavy atom. The highest BCUT2D eigenvalue weighted by atomic mass is 79.9. The molecule has 1 unspecified atom stereocenters. The van der Waals surface area contributed by atoms with E-state index in [-0.39, 0.29) is 10.3 Å². The number of benzene rings is 2. The van der Waals surface area contributed by atoms with E-state index in [1.54, 1.807) is 19.1 Å². The van der Waals surface area contributed by atoms with Crippen molar-refractivity contribution in [1.29, 1.82) is 0 Å². The summed E-state index contributed by atoms with van der Waals surface area (Å²) in [7, 11) is 0. The fourth-order valence-corrected chi connectivity index (χ4v) is 2.23.